The summed E-state index contributed by atoms with van der Waals surface area (Å²) in [4.78, 5) is 2.56. The van der Waals surface area contributed by atoms with Gasteiger partial charge in [0, 0.05) is 18.1 Å². The molecule has 0 bridgehead atoms. The second kappa shape index (κ2) is 7.37. The van der Waals surface area contributed by atoms with E-state index in [4.69, 9.17) is 5.73 Å². The molecule has 2 atom stereocenters. The summed E-state index contributed by atoms with van der Waals surface area (Å²) in [7, 11) is 0. The van der Waals surface area contributed by atoms with Crippen LogP contribution in [-0.4, -0.2) is 29.6 Å². The van der Waals surface area contributed by atoms with Crippen LogP contribution in [0.5, 0.6) is 0 Å². The van der Waals surface area contributed by atoms with E-state index in [2.05, 4.69) is 18.7 Å². The van der Waals surface area contributed by atoms with E-state index in [1.54, 1.807) is 12.1 Å². The molecule has 0 aliphatic carbocycles. The van der Waals surface area contributed by atoms with Gasteiger partial charge < -0.3 is 5.73 Å². The third-order valence-electron chi connectivity index (χ3n) is 5.01. The molecule has 1 heterocycles. The molecule has 0 aromatic heterocycles. The predicted octanol–water partition coefficient (Wildman–Crippen LogP) is 3.74. The van der Waals surface area contributed by atoms with Gasteiger partial charge in [0.05, 0.1) is 0 Å². The minimum absolute atomic E-state index is 0.111. The first kappa shape index (κ1) is 16.4. The van der Waals surface area contributed by atoms with Gasteiger partial charge in [-0.15, -0.1) is 0 Å². The van der Waals surface area contributed by atoms with E-state index in [9.17, 15) is 4.39 Å². The van der Waals surface area contributed by atoms with Gasteiger partial charge in [-0.1, -0.05) is 38.0 Å². The van der Waals surface area contributed by atoms with Crippen LogP contribution < -0.4 is 5.73 Å². The van der Waals surface area contributed by atoms with Crippen molar-refractivity contribution in [2.24, 2.45) is 5.73 Å². The lowest BCUT2D eigenvalue weighted by atomic mass is 9.88. The lowest BCUT2D eigenvalue weighted by Gasteiger charge is -2.45. The number of halogens is 1. The van der Waals surface area contributed by atoms with Crippen molar-refractivity contribution in [3.05, 3.63) is 35.6 Å². The number of likely N-dealkylation sites (tertiary alicyclic amines) is 1. The van der Waals surface area contributed by atoms with Crippen LogP contribution in [0.1, 0.15) is 51.5 Å². The van der Waals surface area contributed by atoms with Crippen molar-refractivity contribution in [1.29, 1.82) is 0 Å². The zero-order valence-corrected chi connectivity index (χ0v) is 13.4. The summed E-state index contributed by atoms with van der Waals surface area (Å²) in [6, 6.07) is 7.68. The quantitative estimate of drug-likeness (QED) is 0.896. The van der Waals surface area contributed by atoms with Crippen molar-refractivity contribution in [3.8, 4) is 0 Å². The van der Waals surface area contributed by atoms with E-state index in [1.807, 2.05) is 12.1 Å². The summed E-state index contributed by atoms with van der Waals surface area (Å²) in [5, 5.41) is 0. The average Bonchev–Trinajstić information content (AvgIpc) is 2.75. The van der Waals surface area contributed by atoms with Gasteiger partial charge in [-0.05, 0) is 50.8 Å². The Labute approximate surface area is 128 Å². The average molecular weight is 292 g/mol. The molecule has 1 aromatic carbocycles. The monoisotopic (exact) mass is 292 g/mol. The summed E-state index contributed by atoms with van der Waals surface area (Å²) in [6.07, 6.45) is 6.90. The number of rotatable bonds is 5. The molecular formula is C18H29FN2. The molecule has 0 radical (unpaired) electrons. The molecule has 1 saturated heterocycles. The molecule has 2 nitrogen and oxygen atoms in total. The summed E-state index contributed by atoms with van der Waals surface area (Å²) < 4.78 is 14.0. The Morgan fingerprint density at radius 3 is 2.71 bits per heavy atom. The highest BCUT2D eigenvalue weighted by atomic mass is 19.1. The first-order chi connectivity index (χ1) is 10.1. The Bertz CT molecular complexity index is 449. The molecule has 2 rings (SSSR count). The number of hydrogen-bond acceptors (Lipinski definition) is 2. The Morgan fingerprint density at radius 1 is 1.29 bits per heavy atom. The number of nitrogens with zero attached hydrogens (tertiary/aromatic N) is 1. The molecule has 0 saturated carbocycles. The maximum Gasteiger partial charge on any atom is 0.126 e. The molecule has 1 aliphatic heterocycles. The van der Waals surface area contributed by atoms with E-state index in [0.717, 1.165) is 18.5 Å². The molecular weight excluding hydrogens is 263 g/mol. The predicted molar refractivity (Wildman–Crippen MR) is 86.8 cm³/mol. The van der Waals surface area contributed by atoms with E-state index in [1.165, 1.54) is 25.7 Å². The summed E-state index contributed by atoms with van der Waals surface area (Å²) >= 11 is 0. The fourth-order valence-electron chi connectivity index (χ4n) is 3.66. The highest BCUT2D eigenvalue weighted by molar-refractivity contribution is 5.20. The number of benzene rings is 1. The minimum Gasteiger partial charge on any atom is -0.329 e. The van der Waals surface area contributed by atoms with Crippen molar-refractivity contribution < 1.29 is 4.39 Å². The Morgan fingerprint density at radius 2 is 2.05 bits per heavy atom. The molecule has 2 N–H and O–H groups in total. The van der Waals surface area contributed by atoms with E-state index in [0.29, 0.717) is 19.0 Å². The molecule has 3 heteroatoms. The van der Waals surface area contributed by atoms with Crippen LogP contribution in [0, 0.1) is 5.82 Å². The lowest BCUT2D eigenvalue weighted by molar-refractivity contribution is 0.0603. The molecule has 21 heavy (non-hydrogen) atoms. The van der Waals surface area contributed by atoms with Crippen LogP contribution in [0.25, 0.3) is 0 Å². The van der Waals surface area contributed by atoms with E-state index >= 15 is 0 Å². The largest absolute Gasteiger partial charge is 0.329 e. The van der Waals surface area contributed by atoms with Crippen LogP contribution >= 0.6 is 0 Å². The maximum absolute atomic E-state index is 14.0. The second-order valence-corrected chi connectivity index (χ2v) is 6.57. The second-order valence-electron chi connectivity index (χ2n) is 6.57. The number of nitrogens with two attached hydrogens (primary N) is 1. The molecule has 2 unspecified atom stereocenters. The number of hydrogen-bond donors (Lipinski definition) is 1. The van der Waals surface area contributed by atoms with E-state index in [-0.39, 0.29) is 11.4 Å². The van der Waals surface area contributed by atoms with Gasteiger partial charge in [0.25, 0.3) is 0 Å². The SMILES string of the molecule is CCC1CCCCCN1C(C)(CN)Cc1ccccc1F. The Hall–Kier alpha value is -0.930. The smallest absolute Gasteiger partial charge is 0.126 e. The van der Waals surface area contributed by atoms with Crippen LogP contribution in [0.2, 0.25) is 0 Å². The summed E-state index contributed by atoms with van der Waals surface area (Å²) in [5.74, 6) is -0.111. The topological polar surface area (TPSA) is 29.3 Å². The zero-order chi connectivity index (χ0) is 15.3. The standard InChI is InChI=1S/C18H29FN2/c1-3-16-10-5-4-8-12-21(16)18(2,14-20)13-15-9-6-7-11-17(15)19/h6-7,9,11,16H,3-5,8,10,12-14,20H2,1-2H3. The molecule has 118 valence electrons. The van der Waals surface area contributed by atoms with Gasteiger partial charge in [-0.3, -0.25) is 4.90 Å². The van der Waals surface area contributed by atoms with Crippen LogP contribution in [0.3, 0.4) is 0 Å². The van der Waals surface area contributed by atoms with Gasteiger partial charge in [0.1, 0.15) is 5.82 Å². The Balaban J connectivity index is 2.24. The highest BCUT2D eigenvalue weighted by Gasteiger charge is 2.36. The fourth-order valence-corrected chi connectivity index (χ4v) is 3.66. The third-order valence-corrected chi connectivity index (χ3v) is 5.01. The lowest BCUT2D eigenvalue weighted by Crippen LogP contribution is -2.57. The van der Waals surface area contributed by atoms with Crippen molar-refractivity contribution in [2.75, 3.05) is 13.1 Å². The molecule has 0 amide bonds. The normalized spacial score (nSPS) is 23.5. The van der Waals surface area contributed by atoms with Crippen LogP contribution in [-0.2, 0) is 6.42 Å². The van der Waals surface area contributed by atoms with Crippen LogP contribution in [0.15, 0.2) is 24.3 Å². The summed E-state index contributed by atoms with van der Waals surface area (Å²) in [5.41, 5.74) is 6.76. The molecule has 0 spiro atoms. The molecule has 1 fully saturated rings. The first-order valence-corrected chi connectivity index (χ1v) is 8.31. The zero-order valence-electron chi connectivity index (χ0n) is 13.4. The van der Waals surface area contributed by atoms with Crippen LogP contribution in [0.4, 0.5) is 4.39 Å². The summed E-state index contributed by atoms with van der Waals surface area (Å²) in [6.45, 7) is 6.11. The fraction of sp³-hybridized carbons (Fsp3) is 0.667. The molecule has 1 aromatic rings. The van der Waals surface area contributed by atoms with Crippen molar-refractivity contribution in [2.45, 2.75) is 64.0 Å². The van der Waals surface area contributed by atoms with E-state index < -0.39 is 0 Å². The van der Waals surface area contributed by atoms with Gasteiger partial charge in [0.15, 0.2) is 0 Å². The minimum atomic E-state index is -0.160. The highest BCUT2D eigenvalue weighted by Crippen LogP contribution is 2.29. The van der Waals surface area contributed by atoms with Gasteiger partial charge in [0.2, 0.25) is 0 Å². The van der Waals surface area contributed by atoms with Crippen molar-refractivity contribution >= 4 is 0 Å². The maximum atomic E-state index is 14.0. The molecule has 1 aliphatic rings. The van der Waals surface area contributed by atoms with Crippen molar-refractivity contribution in [1.82, 2.24) is 4.90 Å². The Kier molecular flexibility index (Phi) is 5.77. The van der Waals surface area contributed by atoms with Gasteiger partial charge >= 0.3 is 0 Å². The van der Waals surface area contributed by atoms with Gasteiger partial charge in [-0.25, -0.2) is 4.39 Å². The van der Waals surface area contributed by atoms with Crippen molar-refractivity contribution in [3.63, 3.8) is 0 Å². The first-order valence-electron chi connectivity index (χ1n) is 8.31. The third kappa shape index (κ3) is 3.83. The van der Waals surface area contributed by atoms with Gasteiger partial charge in [-0.2, -0.15) is 0 Å².